The van der Waals surface area contributed by atoms with E-state index in [1.165, 1.54) is 10.5 Å². The summed E-state index contributed by atoms with van der Waals surface area (Å²) in [6.07, 6.45) is 4.43. The Balaban J connectivity index is 1.42. The van der Waals surface area contributed by atoms with Crippen LogP contribution in [0.5, 0.6) is 0 Å². The van der Waals surface area contributed by atoms with E-state index in [0.717, 1.165) is 29.7 Å². The normalized spacial score (nSPS) is 19.2. The van der Waals surface area contributed by atoms with Crippen LogP contribution in [-0.2, 0) is 9.59 Å². The molecule has 4 amide bonds. The van der Waals surface area contributed by atoms with Crippen LogP contribution in [0.1, 0.15) is 80.3 Å². The molecule has 2 aliphatic rings. The summed E-state index contributed by atoms with van der Waals surface area (Å²) < 4.78 is 0. The van der Waals surface area contributed by atoms with Gasteiger partial charge in [0.25, 0.3) is 5.91 Å². The number of nitrogens with zero attached hydrogens (tertiary/aromatic N) is 1. The fraction of sp³-hybridized carbons (Fsp3) is 0.480. The van der Waals surface area contributed by atoms with Gasteiger partial charge in [-0.1, -0.05) is 57.0 Å². The second-order valence-electron chi connectivity index (χ2n) is 8.92. The number of rotatable bonds is 8. The maximum atomic E-state index is 12.9. The van der Waals surface area contributed by atoms with Crippen molar-refractivity contribution in [3.05, 3.63) is 57.8 Å². The van der Waals surface area contributed by atoms with E-state index < -0.39 is 5.54 Å². The van der Waals surface area contributed by atoms with Gasteiger partial charge in [0.1, 0.15) is 5.54 Å². The minimum Gasteiger partial charge on any atom is -0.344 e. The fourth-order valence-corrected chi connectivity index (χ4v) is 5.47. The second-order valence-corrected chi connectivity index (χ2v) is 9.90. The Kier molecular flexibility index (Phi) is 6.65. The average Bonchev–Trinajstić information content (AvgIpc) is 3.54. The number of benzene rings is 1. The predicted octanol–water partition coefficient (Wildman–Crippen LogP) is 4.72. The number of thiophene rings is 1. The first-order valence-electron chi connectivity index (χ1n) is 11.5. The Hall–Kier alpha value is -2.67. The molecule has 2 N–H and O–H groups in total. The maximum Gasteiger partial charge on any atom is 0.325 e. The molecule has 2 atom stereocenters. The lowest BCUT2D eigenvalue weighted by Gasteiger charge is -2.21. The zero-order valence-corrected chi connectivity index (χ0v) is 19.5. The van der Waals surface area contributed by atoms with Gasteiger partial charge in [-0.2, -0.15) is 0 Å². The van der Waals surface area contributed by atoms with E-state index in [0.29, 0.717) is 18.8 Å². The Bertz CT molecular complexity index is 965. The number of carbonyl (C=O) groups is 3. The molecular weight excluding hydrogens is 422 g/mol. The van der Waals surface area contributed by atoms with Crippen molar-refractivity contribution in [2.45, 2.75) is 69.9 Å². The molecule has 6 nitrogen and oxygen atoms in total. The smallest absolute Gasteiger partial charge is 0.325 e. The number of nitrogens with one attached hydrogen (secondary N) is 2. The van der Waals surface area contributed by atoms with Gasteiger partial charge in [-0.15, -0.1) is 11.3 Å². The van der Waals surface area contributed by atoms with Crippen LogP contribution in [0, 0.1) is 0 Å². The summed E-state index contributed by atoms with van der Waals surface area (Å²) in [5, 5.41) is 7.98. The van der Waals surface area contributed by atoms with E-state index in [1.807, 2.05) is 17.5 Å². The van der Waals surface area contributed by atoms with Crippen molar-refractivity contribution >= 4 is 29.2 Å². The zero-order chi connectivity index (χ0) is 22.7. The van der Waals surface area contributed by atoms with E-state index in [1.54, 1.807) is 11.3 Å². The number of imide groups is 1. The van der Waals surface area contributed by atoms with E-state index in [-0.39, 0.29) is 36.9 Å². The monoisotopic (exact) mass is 453 g/mol. The van der Waals surface area contributed by atoms with Gasteiger partial charge in [-0.05, 0) is 47.8 Å². The molecule has 1 aliphatic carbocycles. The number of amides is 4. The SMILES string of the molecule is CCC(C)c1ccc(C(NC(=O)CCN2C(=O)NC3(CCCC3)C2=O)c2cccs2)cc1. The molecule has 1 aromatic heterocycles. The summed E-state index contributed by atoms with van der Waals surface area (Å²) in [5.41, 5.74) is 1.57. The van der Waals surface area contributed by atoms with E-state index >= 15 is 0 Å². The van der Waals surface area contributed by atoms with Crippen LogP contribution < -0.4 is 10.6 Å². The van der Waals surface area contributed by atoms with Crippen LogP contribution in [0.2, 0.25) is 0 Å². The van der Waals surface area contributed by atoms with Gasteiger partial charge in [0.05, 0.1) is 6.04 Å². The predicted molar refractivity (Wildman–Crippen MR) is 126 cm³/mol. The summed E-state index contributed by atoms with van der Waals surface area (Å²) in [5.74, 6) is 0.136. The summed E-state index contributed by atoms with van der Waals surface area (Å²) in [7, 11) is 0. The summed E-state index contributed by atoms with van der Waals surface area (Å²) in [4.78, 5) is 40.3. The lowest BCUT2D eigenvalue weighted by molar-refractivity contribution is -0.131. The molecule has 32 heavy (non-hydrogen) atoms. The number of carbonyl (C=O) groups excluding carboxylic acids is 3. The Morgan fingerprint density at radius 3 is 2.47 bits per heavy atom. The molecule has 0 bridgehead atoms. The molecular formula is C25H31N3O3S. The topological polar surface area (TPSA) is 78.5 Å². The Morgan fingerprint density at radius 1 is 1.16 bits per heavy atom. The molecule has 1 aliphatic heterocycles. The largest absolute Gasteiger partial charge is 0.344 e. The quantitative estimate of drug-likeness (QED) is 0.568. The van der Waals surface area contributed by atoms with Crippen molar-refractivity contribution in [2.75, 3.05) is 6.54 Å². The van der Waals surface area contributed by atoms with Crippen molar-refractivity contribution in [2.24, 2.45) is 0 Å². The molecule has 1 aromatic carbocycles. The van der Waals surface area contributed by atoms with E-state index in [2.05, 4.69) is 48.7 Å². The van der Waals surface area contributed by atoms with Crippen LogP contribution in [0.15, 0.2) is 41.8 Å². The van der Waals surface area contributed by atoms with Crippen molar-refractivity contribution in [3.63, 3.8) is 0 Å². The third-order valence-electron chi connectivity index (χ3n) is 6.85. The van der Waals surface area contributed by atoms with Crippen molar-refractivity contribution < 1.29 is 14.4 Å². The minimum absolute atomic E-state index is 0.0854. The van der Waals surface area contributed by atoms with Crippen LogP contribution in [-0.4, -0.2) is 34.8 Å². The lowest BCUT2D eigenvalue weighted by atomic mass is 9.95. The highest BCUT2D eigenvalue weighted by atomic mass is 32.1. The number of hydrogen-bond donors (Lipinski definition) is 2. The molecule has 2 heterocycles. The number of urea groups is 1. The highest BCUT2D eigenvalue weighted by Gasteiger charge is 2.52. The van der Waals surface area contributed by atoms with Crippen LogP contribution >= 0.6 is 11.3 Å². The van der Waals surface area contributed by atoms with Gasteiger partial charge in [0, 0.05) is 17.8 Å². The first-order valence-corrected chi connectivity index (χ1v) is 12.4. The first kappa shape index (κ1) is 22.5. The molecule has 1 saturated carbocycles. The van der Waals surface area contributed by atoms with Crippen molar-refractivity contribution in [1.82, 2.24) is 15.5 Å². The Labute approximate surface area is 193 Å². The molecule has 170 valence electrons. The molecule has 0 radical (unpaired) electrons. The standard InChI is InChI=1S/C25H31N3O3S/c1-3-17(2)18-8-10-19(11-9-18)22(20-7-6-16-32-20)26-21(29)12-15-28-23(30)25(27-24(28)31)13-4-5-14-25/h6-11,16-17,22H,3-5,12-15H2,1-2H3,(H,26,29)(H,27,31). The molecule has 1 spiro atoms. The van der Waals surface area contributed by atoms with Crippen LogP contribution in [0.25, 0.3) is 0 Å². The third-order valence-corrected chi connectivity index (χ3v) is 7.79. The zero-order valence-electron chi connectivity index (χ0n) is 18.7. The highest BCUT2D eigenvalue weighted by molar-refractivity contribution is 7.10. The van der Waals surface area contributed by atoms with Crippen LogP contribution in [0.4, 0.5) is 4.79 Å². The lowest BCUT2D eigenvalue weighted by Crippen LogP contribution is -2.44. The molecule has 7 heteroatoms. The molecule has 2 fully saturated rings. The number of hydrogen-bond acceptors (Lipinski definition) is 4. The highest BCUT2D eigenvalue weighted by Crippen LogP contribution is 2.35. The van der Waals surface area contributed by atoms with Gasteiger partial charge in [-0.25, -0.2) is 4.79 Å². The third kappa shape index (κ3) is 4.44. The van der Waals surface area contributed by atoms with E-state index in [9.17, 15) is 14.4 Å². The molecule has 4 rings (SSSR count). The van der Waals surface area contributed by atoms with Crippen molar-refractivity contribution in [1.29, 1.82) is 0 Å². The molecule has 2 aromatic rings. The Morgan fingerprint density at radius 2 is 1.84 bits per heavy atom. The second kappa shape index (κ2) is 9.45. The summed E-state index contributed by atoms with van der Waals surface area (Å²) in [6, 6.07) is 11.8. The van der Waals surface area contributed by atoms with Crippen LogP contribution in [0.3, 0.4) is 0 Å². The first-order chi connectivity index (χ1) is 15.4. The van der Waals surface area contributed by atoms with Gasteiger partial charge < -0.3 is 10.6 Å². The van der Waals surface area contributed by atoms with E-state index in [4.69, 9.17) is 0 Å². The minimum atomic E-state index is -0.732. The van der Waals surface area contributed by atoms with Gasteiger partial charge in [0.15, 0.2) is 0 Å². The van der Waals surface area contributed by atoms with Crippen molar-refractivity contribution in [3.8, 4) is 0 Å². The maximum absolute atomic E-state index is 12.9. The average molecular weight is 454 g/mol. The summed E-state index contributed by atoms with van der Waals surface area (Å²) >= 11 is 1.60. The fourth-order valence-electron chi connectivity index (χ4n) is 4.67. The van der Waals surface area contributed by atoms with Gasteiger partial charge in [0.2, 0.25) is 5.91 Å². The summed E-state index contributed by atoms with van der Waals surface area (Å²) in [6.45, 7) is 4.48. The molecule has 2 unspecified atom stereocenters. The van der Waals surface area contributed by atoms with Gasteiger partial charge in [-0.3, -0.25) is 14.5 Å². The van der Waals surface area contributed by atoms with Gasteiger partial charge >= 0.3 is 6.03 Å². The molecule has 1 saturated heterocycles.